The van der Waals surface area contributed by atoms with Gasteiger partial charge in [-0.15, -0.1) is 0 Å². The first-order chi connectivity index (χ1) is 3.68. The molecule has 0 aliphatic rings. The molecule has 4 heteroatoms. The van der Waals surface area contributed by atoms with Crippen LogP contribution in [0.4, 0.5) is 0 Å². The predicted molar refractivity (Wildman–Crippen MR) is 23.2 cm³/mol. The quantitative estimate of drug-likeness (QED) is 0.447. The van der Waals surface area contributed by atoms with Gasteiger partial charge in [-0.05, 0) is 0 Å². The Bertz CT molecular complexity index is 126. The van der Waals surface area contributed by atoms with Crippen LogP contribution in [0.1, 0.15) is 6.42 Å². The van der Waals surface area contributed by atoms with Gasteiger partial charge in [0.25, 0.3) is 0 Å². The normalized spacial score (nSPS) is 12.0. The summed E-state index contributed by atoms with van der Waals surface area (Å²) in [5, 5.41) is 17.6. The third kappa shape index (κ3) is 2.16. The number of carbonyl (C=O) groups excluding carboxylic acids is 1. The summed E-state index contributed by atoms with van der Waals surface area (Å²) >= 11 is 0. The molecular weight excluding hydrogens is 108 g/mol. The van der Waals surface area contributed by atoms with E-state index < -0.39 is 12.0 Å². The average Bonchev–Trinajstić information content (AvgIpc) is 1.67. The van der Waals surface area contributed by atoms with E-state index in [0.29, 0.717) is 0 Å². The number of carboxylic acid groups (broad SMARTS) is 1. The summed E-state index contributed by atoms with van der Waals surface area (Å²) in [6, 6.07) is 0.464. The highest BCUT2D eigenvalue weighted by Crippen LogP contribution is 1.80. The van der Waals surface area contributed by atoms with Crippen LogP contribution in [0.3, 0.4) is 0 Å². The monoisotopic (exact) mass is 113 g/mol. The van der Waals surface area contributed by atoms with Crippen molar-refractivity contribution < 1.29 is 9.90 Å². The maximum Gasteiger partial charge on any atom is 0.0642 e. The third-order valence-electron chi connectivity index (χ3n) is 0.614. The smallest absolute Gasteiger partial charge is 0.0642 e. The minimum absolute atomic E-state index is 0.192. The van der Waals surface area contributed by atoms with Gasteiger partial charge < -0.3 is 15.6 Å². The van der Waals surface area contributed by atoms with E-state index in [0.717, 1.165) is 0 Å². The SMILES string of the molecule is N#CC[C@H](N)C(=O)[O-]. The summed E-state index contributed by atoms with van der Waals surface area (Å²) in [6.45, 7) is 0. The highest BCUT2D eigenvalue weighted by atomic mass is 16.4. The second-order valence-electron chi connectivity index (χ2n) is 1.29. The Labute approximate surface area is 46.5 Å². The van der Waals surface area contributed by atoms with E-state index in [1.807, 2.05) is 0 Å². The molecule has 0 radical (unpaired) electrons. The zero-order valence-electron chi connectivity index (χ0n) is 4.13. The number of carboxylic acids is 1. The van der Waals surface area contributed by atoms with Crippen molar-refractivity contribution in [3.63, 3.8) is 0 Å². The number of aliphatic carboxylic acids is 1. The Morgan fingerprint density at radius 3 is 2.62 bits per heavy atom. The van der Waals surface area contributed by atoms with Crippen molar-refractivity contribution in [1.29, 1.82) is 5.26 Å². The van der Waals surface area contributed by atoms with E-state index in [2.05, 4.69) is 0 Å². The van der Waals surface area contributed by atoms with E-state index in [4.69, 9.17) is 11.0 Å². The van der Waals surface area contributed by atoms with E-state index >= 15 is 0 Å². The zero-order chi connectivity index (χ0) is 6.57. The molecule has 4 nitrogen and oxygen atoms in total. The van der Waals surface area contributed by atoms with Crippen LogP contribution in [0.25, 0.3) is 0 Å². The number of carbonyl (C=O) groups is 1. The lowest BCUT2D eigenvalue weighted by Gasteiger charge is -2.05. The average molecular weight is 113 g/mol. The van der Waals surface area contributed by atoms with Gasteiger partial charge in [-0.2, -0.15) is 5.26 Å². The molecule has 0 unspecified atom stereocenters. The molecule has 0 saturated heterocycles. The molecule has 0 rings (SSSR count). The highest BCUT2D eigenvalue weighted by molar-refractivity contribution is 5.71. The molecule has 1 atom stereocenters. The van der Waals surface area contributed by atoms with Crippen LogP contribution in [0.15, 0.2) is 0 Å². The van der Waals surface area contributed by atoms with Crippen LogP contribution in [-0.2, 0) is 4.79 Å². The summed E-state index contributed by atoms with van der Waals surface area (Å²) in [5.41, 5.74) is 4.84. The van der Waals surface area contributed by atoms with E-state index in [9.17, 15) is 9.90 Å². The Balaban J connectivity index is 3.52. The standard InChI is InChI=1S/C4H6N2O2/c5-2-1-3(6)4(7)8/h3H,1,6H2,(H,7,8)/p-1/t3-/m0/s1. The Kier molecular flexibility index (Phi) is 2.59. The lowest BCUT2D eigenvalue weighted by atomic mass is 10.2. The van der Waals surface area contributed by atoms with Gasteiger partial charge >= 0.3 is 0 Å². The fourth-order valence-electron chi connectivity index (χ4n) is 0.182. The maximum absolute atomic E-state index is 9.70. The molecule has 0 fully saturated rings. The number of nitrogens with two attached hydrogens (primary N) is 1. The Morgan fingerprint density at radius 1 is 2.00 bits per heavy atom. The minimum Gasteiger partial charge on any atom is -0.548 e. The molecule has 0 aromatic rings. The van der Waals surface area contributed by atoms with E-state index in [1.165, 1.54) is 0 Å². The van der Waals surface area contributed by atoms with Gasteiger partial charge in [-0.3, -0.25) is 0 Å². The molecule has 0 aromatic heterocycles. The lowest BCUT2D eigenvalue weighted by molar-refractivity contribution is -0.307. The van der Waals surface area contributed by atoms with Crippen molar-refractivity contribution in [2.24, 2.45) is 5.73 Å². The van der Waals surface area contributed by atoms with Gasteiger partial charge in [0.1, 0.15) is 0 Å². The van der Waals surface area contributed by atoms with Crippen LogP contribution < -0.4 is 10.8 Å². The Morgan fingerprint density at radius 2 is 2.50 bits per heavy atom. The fraction of sp³-hybridized carbons (Fsp3) is 0.500. The molecule has 0 spiro atoms. The molecule has 2 N–H and O–H groups in total. The predicted octanol–water partition coefficient (Wildman–Crippen LogP) is -2.02. The molecule has 0 aromatic carbocycles. The van der Waals surface area contributed by atoms with E-state index in [1.54, 1.807) is 6.07 Å². The first-order valence-corrected chi connectivity index (χ1v) is 2.02. The highest BCUT2D eigenvalue weighted by Gasteiger charge is 1.98. The molecule has 0 aliphatic heterocycles. The molecule has 0 bridgehead atoms. The zero-order valence-corrected chi connectivity index (χ0v) is 4.13. The fourth-order valence-corrected chi connectivity index (χ4v) is 0.182. The van der Waals surface area contributed by atoms with Gasteiger partial charge in [0.2, 0.25) is 0 Å². The van der Waals surface area contributed by atoms with Gasteiger partial charge in [0, 0.05) is 0 Å². The Hall–Kier alpha value is -1.08. The largest absolute Gasteiger partial charge is 0.548 e. The van der Waals surface area contributed by atoms with Crippen LogP contribution in [0, 0.1) is 11.3 Å². The lowest BCUT2D eigenvalue weighted by Crippen LogP contribution is -2.41. The molecular formula is C4H5N2O2-. The summed E-state index contributed by atoms with van der Waals surface area (Å²) in [5.74, 6) is -1.38. The van der Waals surface area contributed by atoms with Crippen molar-refractivity contribution in [1.82, 2.24) is 0 Å². The third-order valence-corrected chi connectivity index (χ3v) is 0.614. The molecule has 0 heterocycles. The van der Waals surface area contributed by atoms with Crippen molar-refractivity contribution in [3.05, 3.63) is 0 Å². The number of nitrogens with zero attached hydrogens (tertiary/aromatic N) is 1. The number of nitriles is 1. The van der Waals surface area contributed by atoms with Crippen LogP contribution in [-0.4, -0.2) is 12.0 Å². The first-order valence-electron chi connectivity index (χ1n) is 2.02. The van der Waals surface area contributed by atoms with Gasteiger partial charge in [0.15, 0.2) is 0 Å². The summed E-state index contributed by atoms with van der Waals surface area (Å²) in [4.78, 5) is 9.70. The number of hydrogen-bond donors (Lipinski definition) is 1. The van der Waals surface area contributed by atoms with Gasteiger partial charge in [-0.25, -0.2) is 0 Å². The molecule has 0 aliphatic carbocycles. The van der Waals surface area contributed by atoms with Crippen LogP contribution >= 0.6 is 0 Å². The van der Waals surface area contributed by atoms with Crippen molar-refractivity contribution in [3.8, 4) is 6.07 Å². The van der Waals surface area contributed by atoms with Crippen LogP contribution in [0.5, 0.6) is 0 Å². The topological polar surface area (TPSA) is 89.9 Å². The first kappa shape index (κ1) is 6.92. The van der Waals surface area contributed by atoms with E-state index in [-0.39, 0.29) is 6.42 Å². The summed E-state index contributed by atoms with van der Waals surface area (Å²) < 4.78 is 0. The van der Waals surface area contributed by atoms with Gasteiger partial charge in [0.05, 0.1) is 24.5 Å². The minimum atomic E-state index is -1.38. The maximum atomic E-state index is 9.70. The summed E-state index contributed by atoms with van der Waals surface area (Å²) in [6.07, 6.45) is -0.192. The molecule has 0 saturated carbocycles. The molecule has 0 amide bonds. The van der Waals surface area contributed by atoms with Gasteiger partial charge in [-0.1, -0.05) is 0 Å². The molecule has 44 valence electrons. The van der Waals surface area contributed by atoms with Crippen molar-refractivity contribution in [2.75, 3.05) is 0 Å². The van der Waals surface area contributed by atoms with Crippen molar-refractivity contribution in [2.45, 2.75) is 12.5 Å². The molecule has 8 heavy (non-hydrogen) atoms. The second kappa shape index (κ2) is 2.99. The second-order valence-corrected chi connectivity index (χ2v) is 1.29. The van der Waals surface area contributed by atoms with Crippen LogP contribution in [0.2, 0.25) is 0 Å². The number of hydrogen-bond acceptors (Lipinski definition) is 4. The number of rotatable bonds is 2. The van der Waals surface area contributed by atoms with Crippen molar-refractivity contribution >= 4 is 5.97 Å². The summed E-state index contributed by atoms with van der Waals surface area (Å²) in [7, 11) is 0.